The third kappa shape index (κ3) is 8.37. The van der Waals surface area contributed by atoms with Crippen molar-refractivity contribution in [2.24, 2.45) is 0 Å². The van der Waals surface area contributed by atoms with Gasteiger partial charge >= 0.3 is 0 Å². The molecule has 0 spiro atoms. The first-order valence-corrected chi connectivity index (χ1v) is 16.0. The number of nitrogens with zero attached hydrogens (tertiary/aromatic N) is 3. The quantitative estimate of drug-likeness (QED) is 0.233. The summed E-state index contributed by atoms with van der Waals surface area (Å²) in [4.78, 5) is 40.0. The molecule has 0 aliphatic carbocycles. The lowest BCUT2D eigenvalue weighted by atomic mass is 10.1. The van der Waals surface area contributed by atoms with Crippen LogP contribution in [0.15, 0.2) is 59.6 Å². The monoisotopic (exact) mass is 681 g/mol. The number of amides is 3. The van der Waals surface area contributed by atoms with Crippen LogP contribution in [0.1, 0.15) is 33.7 Å². The Morgan fingerprint density at radius 2 is 1.73 bits per heavy atom. The number of sulfonamides is 1. The van der Waals surface area contributed by atoms with Crippen LogP contribution in [0.3, 0.4) is 0 Å². The van der Waals surface area contributed by atoms with Crippen LogP contribution in [0.2, 0.25) is 15.1 Å². The number of hydrogen-bond donors (Lipinski definition) is 4. The number of halogens is 3. The molecular weight excluding hydrogens is 653 g/mol. The summed E-state index contributed by atoms with van der Waals surface area (Å²) in [6.07, 6.45) is 5.14. The first kappa shape index (κ1) is 33.4. The molecule has 1 fully saturated rings. The van der Waals surface area contributed by atoms with Gasteiger partial charge < -0.3 is 20.9 Å². The summed E-state index contributed by atoms with van der Waals surface area (Å²) in [6.45, 7) is 0.913. The molecule has 1 saturated heterocycles. The van der Waals surface area contributed by atoms with Gasteiger partial charge in [-0.15, -0.1) is 0 Å². The normalized spacial score (nSPS) is 14.6. The first-order chi connectivity index (χ1) is 20.8. The summed E-state index contributed by atoms with van der Waals surface area (Å²) in [5.74, 6) is -1.58. The van der Waals surface area contributed by atoms with E-state index in [2.05, 4.69) is 26.1 Å². The Morgan fingerprint density at radius 1 is 1.05 bits per heavy atom. The van der Waals surface area contributed by atoms with Crippen LogP contribution in [0, 0.1) is 0 Å². The molecule has 1 aliphatic rings. The molecule has 2 aromatic carbocycles. The smallest absolute Gasteiger partial charge is 0.274 e. The molecule has 1 aliphatic heterocycles. The number of piperidine rings is 1. The van der Waals surface area contributed by atoms with Crippen LogP contribution in [-0.4, -0.2) is 85.3 Å². The van der Waals surface area contributed by atoms with Gasteiger partial charge in [-0.3, -0.25) is 19.5 Å². The van der Waals surface area contributed by atoms with Crippen molar-refractivity contribution in [2.45, 2.75) is 23.8 Å². The fourth-order valence-corrected chi connectivity index (χ4v) is 6.94. The van der Waals surface area contributed by atoms with Crippen molar-refractivity contribution >= 4 is 73.9 Å². The number of benzene rings is 2. The van der Waals surface area contributed by atoms with Crippen LogP contribution in [0.25, 0.3) is 0 Å². The van der Waals surface area contributed by atoms with Crippen LogP contribution in [0.5, 0.6) is 0 Å². The maximum atomic E-state index is 13.3. The van der Waals surface area contributed by atoms with Crippen molar-refractivity contribution in [1.82, 2.24) is 24.7 Å². The molecule has 44 heavy (non-hydrogen) atoms. The van der Waals surface area contributed by atoms with Crippen LogP contribution < -0.4 is 16.0 Å². The van der Waals surface area contributed by atoms with Crippen molar-refractivity contribution in [3.05, 3.63) is 81.1 Å². The molecule has 1 aromatic heterocycles. The van der Waals surface area contributed by atoms with E-state index in [1.807, 2.05) is 19.0 Å². The molecule has 0 atom stereocenters. The Morgan fingerprint density at radius 3 is 2.39 bits per heavy atom. The predicted octanol–water partition coefficient (Wildman–Crippen LogP) is 4.26. The van der Waals surface area contributed by atoms with Crippen molar-refractivity contribution in [3.8, 4) is 0 Å². The Bertz CT molecular complexity index is 1660. The zero-order chi connectivity index (χ0) is 32.0. The summed E-state index contributed by atoms with van der Waals surface area (Å²) in [5, 5.41) is 15.0. The van der Waals surface area contributed by atoms with Gasteiger partial charge in [0.2, 0.25) is 15.9 Å². The fourth-order valence-electron chi connectivity index (χ4n) is 4.43. The van der Waals surface area contributed by atoms with E-state index in [0.29, 0.717) is 25.1 Å². The maximum absolute atomic E-state index is 13.3. The van der Waals surface area contributed by atoms with Gasteiger partial charge in [-0.05, 0) is 57.3 Å². The van der Waals surface area contributed by atoms with E-state index in [9.17, 15) is 22.8 Å². The summed E-state index contributed by atoms with van der Waals surface area (Å²) in [6, 6.07) is 8.48. The largest absolute Gasteiger partial charge is 0.348 e. The van der Waals surface area contributed by atoms with Gasteiger partial charge in [0.05, 0.1) is 26.2 Å². The molecule has 0 radical (unpaired) electrons. The molecule has 3 aromatic rings. The second-order valence-electron chi connectivity index (χ2n) is 10.2. The maximum Gasteiger partial charge on any atom is 0.274 e. The van der Waals surface area contributed by atoms with Gasteiger partial charge in [0, 0.05) is 48.7 Å². The minimum absolute atomic E-state index is 0.0105. The van der Waals surface area contributed by atoms with Gasteiger partial charge in [-0.1, -0.05) is 46.9 Å². The Labute approximate surface area is 269 Å². The number of nitrogens with one attached hydrogen (secondary N) is 4. The van der Waals surface area contributed by atoms with E-state index in [1.54, 1.807) is 18.2 Å². The minimum Gasteiger partial charge on any atom is -0.348 e. The molecule has 3 amide bonds. The number of anilines is 2. The standard InChI is InChI=1S/C28H30Cl3N7O5S/c1-37(2)10-4-7-24(39)33-19-5-3-6-20(15-19)44(42,43)38-11-8-18(9-12-38)34-28(41)26-23(16-32-36-26)35-27(40)25-21(30)13-17(29)14-22(25)31/h3-7,13-16,18H,8-12H2,1-2H3,(H,32,36)(H,33,39)(H,34,41)(H,35,40). The van der Waals surface area contributed by atoms with Gasteiger partial charge in [-0.25, -0.2) is 8.42 Å². The first-order valence-electron chi connectivity index (χ1n) is 13.4. The van der Waals surface area contributed by atoms with Gasteiger partial charge in [-0.2, -0.15) is 9.40 Å². The summed E-state index contributed by atoms with van der Waals surface area (Å²) < 4.78 is 28.0. The molecule has 0 saturated carbocycles. The van der Waals surface area contributed by atoms with Crippen molar-refractivity contribution < 1.29 is 22.8 Å². The average Bonchev–Trinajstić information content (AvgIpc) is 3.41. The van der Waals surface area contributed by atoms with Crippen molar-refractivity contribution in [1.29, 1.82) is 0 Å². The number of rotatable bonds is 10. The number of hydrogen-bond acceptors (Lipinski definition) is 7. The van der Waals surface area contributed by atoms with Crippen molar-refractivity contribution in [3.63, 3.8) is 0 Å². The van der Waals surface area contributed by atoms with Crippen LogP contribution in [-0.2, 0) is 14.8 Å². The summed E-state index contributed by atoms with van der Waals surface area (Å²) in [7, 11) is -0.0950. The Kier molecular flexibility index (Phi) is 11.1. The highest BCUT2D eigenvalue weighted by Crippen LogP contribution is 2.30. The Hall–Kier alpha value is -3.46. The minimum atomic E-state index is -3.85. The third-order valence-electron chi connectivity index (χ3n) is 6.61. The highest BCUT2D eigenvalue weighted by Gasteiger charge is 2.31. The molecule has 234 valence electrons. The van der Waals surface area contributed by atoms with E-state index >= 15 is 0 Å². The van der Waals surface area contributed by atoms with E-state index < -0.39 is 21.8 Å². The second-order valence-corrected chi connectivity index (χ2v) is 13.4. The van der Waals surface area contributed by atoms with Crippen LogP contribution >= 0.6 is 34.8 Å². The van der Waals surface area contributed by atoms with Gasteiger partial charge in [0.1, 0.15) is 0 Å². The lowest BCUT2D eigenvalue weighted by Gasteiger charge is -2.31. The number of aromatic nitrogens is 2. The summed E-state index contributed by atoms with van der Waals surface area (Å²) in [5.41, 5.74) is 0.388. The van der Waals surface area contributed by atoms with E-state index in [-0.39, 0.29) is 61.9 Å². The molecule has 2 heterocycles. The van der Waals surface area contributed by atoms with E-state index in [1.165, 1.54) is 40.8 Å². The highest BCUT2D eigenvalue weighted by molar-refractivity contribution is 7.89. The number of aromatic amines is 1. The molecule has 0 unspecified atom stereocenters. The lowest BCUT2D eigenvalue weighted by Crippen LogP contribution is -2.46. The zero-order valence-electron chi connectivity index (χ0n) is 23.7. The Balaban J connectivity index is 1.34. The van der Waals surface area contributed by atoms with E-state index in [0.717, 1.165) is 0 Å². The second kappa shape index (κ2) is 14.5. The SMILES string of the molecule is CN(C)CC=CC(=O)Nc1cccc(S(=O)(=O)N2CCC(NC(=O)c3n[nH]cc3NC(=O)c3c(Cl)cc(Cl)cc3Cl)CC2)c1. The zero-order valence-corrected chi connectivity index (χ0v) is 26.8. The number of carbonyl (C=O) groups is 3. The third-order valence-corrected chi connectivity index (χ3v) is 9.31. The molecule has 12 nitrogen and oxygen atoms in total. The van der Waals surface area contributed by atoms with Crippen LogP contribution in [0.4, 0.5) is 11.4 Å². The number of carbonyl (C=O) groups excluding carboxylic acids is 3. The predicted molar refractivity (Wildman–Crippen MR) is 170 cm³/mol. The molecule has 0 bridgehead atoms. The molecular formula is C28H30Cl3N7O5S. The van der Waals surface area contributed by atoms with Gasteiger partial charge in [0.25, 0.3) is 11.8 Å². The molecule has 4 rings (SSSR count). The van der Waals surface area contributed by atoms with Gasteiger partial charge in [0.15, 0.2) is 5.69 Å². The summed E-state index contributed by atoms with van der Waals surface area (Å²) >= 11 is 18.2. The van der Waals surface area contributed by atoms with Crippen molar-refractivity contribution in [2.75, 3.05) is 44.4 Å². The fraction of sp³-hybridized carbons (Fsp3) is 0.286. The average molecular weight is 683 g/mol. The topological polar surface area (TPSA) is 157 Å². The number of likely N-dealkylation sites (N-methyl/N-ethyl adjacent to an activating group) is 1. The highest BCUT2D eigenvalue weighted by atomic mass is 35.5. The molecule has 4 N–H and O–H groups in total. The molecule has 16 heteroatoms. The number of H-pyrrole nitrogens is 1. The van der Waals surface area contributed by atoms with E-state index in [4.69, 9.17) is 34.8 Å². The lowest BCUT2D eigenvalue weighted by molar-refractivity contribution is -0.111.